The molecular weight excluding hydrogens is 352 g/mol. The molecule has 6 nitrogen and oxygen atoms in total. The number of anilines is 1. The van der Waals surface area contributed by atoms with Crippen molar-refractivity contribution in [2.75, 3.05) is 5.32 Å². The largest absolute Gasteiger partial charge is 0.493 e. The predicted molar refractivity (Wildman–Crippen MR) is 109 cm³/mol. The fourth-order valence-electron chi connectivity index (χ4n) is 3.06. The van der Waals surface area contributed by atoms with Crippen molar-refractivity contribution < 1.29 is 9.90 Å². The number of hydrogen-bond acceptors (Lipinski definition) is 3. The maximum atomic E-state index is 12.1. The fourth-order valence-corrected chi connectivity index (χ4v) is 3.06. The predicted octanol–water partition coefficient (Wildman–Crippen LogP) is 5.71. The van der Waals surface area contributed by atoms with Gasteiger partial charge in [-0.15, -0.1) is 5.11 Å². The van der Waals surface area contributed by atoms with Gasteiger partial charge in [-0.05, 0) is 23.8 Å². The van der Waals surface area contributed by atoms with Crippen molar-refractivity contribution in [3.8, 4) is 5.88 Å². The van der Waals surface area contributed by atoms with Crippen molar-refractivity contribution in [1.82, 2.24) is 4.57 Å². The molecule has 0 bridgehead atoms. The molecule has 0 aliphatic heterocycles. The molecule has 0 aliphatic carbocycles. The average molecular weight is 370 g/mol. The molecular formula is C22H18N4O2. The summed E-state index contributed by atoms with van der Waals surface area (Å²) in [5.74, 6) is -0.0266. The molecule has 3 aromatic carbocycles. The van der Waals surface area contributed by atoms with Crippen molar-refractivity contribution in [2.45, 2.75) is 6.54 Å². The van der Waals surface area contributed by atoms with E-state index in [-0.39, 0.29) is 11.6 Å². The van der Waals surface area contributed by atoms with Gasteiger partial charge in [0.05, 0.1) is 12.1 Å². The van der Waals surface area contributed by atoms with Gasteiger partial charge in [0, 0.05) is 11.1 Å². The topological polar surface area (TPSA) is 79.0 Å². The standard InChI is InChI=1S/C22H18N4O2/c27-21-20(24-25-22(28)23-17-11-5-2-6-12-17)18-13-7-8-14-19(18)26(21)15-16-9-3-1-4-10-16/h1-14,27H,15H2,(H,23,28). The van der Waals surface area contributed by atoms with Crippen molar-refractivity contribution in [3.63, 3.8) is 0 Å². The second-order valence-corrected chi connectivity index (χ2v) is 6.26. The first-order valence-corrected chi connectivity index (χ1v) is 8.84. The Morgan fingerprint density at radius 2 is 1.54 bits per heavy atom. The highest BCUT2D eigenvalue weighted by molar-refractivity contribution is 5.96. The van der Waals surface area contributed by atoms with E-state index >= 15 is 0 Å². The third-order valence-corrected chi connectivity index (χ3v) is 4.37. The Balaban J connectivity index is 1.65. The second-order valence-electron chi connectivity index (χ2n) is 6.26. The Labute approximate surface area is 161 Å². The molecule has 0 aliphatic rings. The molecule has 0 radical (unpaired) electrons. The van der Waals surface area contributed by atoms with Crippen LogP contribution < -0.4 is 5.32 Å². The summed E-state index contributed by atoms with van der Waals surface area (Å²) in [5, 5.41) is 21.9. The van der Waals surface area contributed by atoms with E-state index in [2.05, 4.69) is 15.5 Å². The highest BCUT2D eigenvalue weighted by atomic mass is 16.3. The van der Waals surface area contributed by atoms with E-state index in [0.717, 1.165) is 16.5 Å². The zero-order valence-electron chi connectivity index (χ0n) is 15.0. The van der Waals surface area contributed by atoms with Crippen molar-refractivity contribution in [2.24, 2.45) is 10.2 Å². The molecule has 0 saturated heterocycles. The van der Waals surface area contributed by atoms with Crippen molar-refractivity contribution >= 4 is 28.3 Å². The smallest absolute Gasteiger partial charge is 0.364 e. The molecule has 0 saturated carbocycles. The van der Waals surface area contributed by atoms with Crippen LogP contribution in [0.25, 0.3) is 10.9 Å². The van der Waals surface area contributed by atoms with Crippen molar-refractivity contribution in [1.29, 1.82) is 0 Å². The Morgan fingerprint density at radius 1 is 0.893 bits per heavy atom. The molecule has 4 rings (SSSR count). The second kappa shape index (κ2) is 7.75. The van der Waals surface area contributed by atoms with Gasteiger partial charge in [0.2, 0.25) is 5.88 Å². The first kappa shape index (κ1) is 17.5. The number of hydrogen-bond donors (Lipinski definition) is 2. The third kappa shape index (κ3) is 3.61. The first-order chi connectivity index (χ1) is 13.7. The van der Waals surface area contributed by atoms with Crippen molar-refractivity contribution in [3.05, 3.63) is 90.5 Å². The molecule has 138 valence electrons. The number of aromatic nitrogens is 1. The van der Waals surface area contributed by atoms with E-state index < -0.39 is 6.03 Å². The molecule has 1 aromatic heterocycles. The van der Waals surface area contributed by atoms with Gasteiger partial charge >= 0.3 is 6.03 Å². The monoisotopic (exact) mass is 370 g/mol. The maximum Gasteiger partial charge on any atom is 0.364 e. The number of azo groups is 1. The lowest BCUT2D eigenvalue weighted by Crippen LogP contribution is -2.04. The lowest BCUT2D eigenvalue weighted by molar-refractivity contribution is 0.258. The molecule has 2 amide bonds. The van der Waals surface area contributed by atoms with E-state index in [4.69, 9.17) is 0 Å². The number of amides is 2. The third-order valence-electron chi connectivity index (χ3n) is 4.37. The molecule has 0 fully saturated rings. The fraction of sp³-hybridized carbons (Fsp3) is 0.0455. The lowest BCUT2D eigenvalue weighted by atomic mass is 10.2. The number of aromatic hydroxyl groups is 1. The molecule has 28 heavy (non-hydrogen) atoms. The van der Waals surface area contributed by atoms with E-state index in [1.807, 2.05) is 72.8 Å². The molecule has 2 N–H and O–H groups in total. The number of carbonyl (C=O) groups is 1. The zero-order valence-corrected chi connectivity index (χ0v) is 15.0. The quantitative estimate of drug-likeness (QED) is 0.451. The maximum absolute atomic E-state index is 12.1. The summed E-state index contributed by atoms with van der Waals surface area (Å²) in [6, 6.07) is 25.7. The average Bonchev–Trinajstić information content (AvgIpc) is 2.99. The molecule has 1 heterocycles. The summed E-state index contributed by atoms with van der Waals surface area (Å²) in [7, 11) is 0. The summed E-state index contributed by atoms with van der Waals surface area (Å²) in [6.07, 6.45) is 0. The van der Waals surface area contributed by atoms with E-state index in [1.54, 1.807) is 16.7 Å². The number of para-hydroxylation sites is 2. The Morgan fingerprint density at radius 3 is 2.29 bits per heavy atom. The van der Waals surface area contributed by atoms with Crippen LogP contribution >= 0.6 is 0 Å². The van der Waals surface area contributed by atoms with Gasteiger partial charge in [0.1, 0.15) is 0 Å². The highest BCUT2D eigenvalue weighted by Gasteiger charge is 2.17. The SMILES string of the molecule is O=C(N=Nc1c(O)n(Cc2ccccc2)c2ccccc12)Nc1ccccc1. The van der Waals surface area contributed by atoms with Crippen LogP contribution in [-0.2, 0) is 6.54 Å². The van der Waals surface area contributed by atoms with E-state index in [1.165, 1.54) is 0 Å². The summed E-state index contributed by atoms with van der Waals surface area (Å²) >= 11 is 0. The molecule has 4 aromatic rings. The van der Waals surface area contributed by atoms with Crippen LogP contribution in [0.1, 0.15) is 5.56 Å². The van der Waals surface area contributed by atoms with Crippen LogP contribution in [0.15, 0.2) is 95.2 Å². The number of rotatable bonds is 4. The number of carbonyl (C=O) groups excluding carboxylic acids is 1. The molecule has 0 spiro atoms. The number of fused-ring (bicyclic) bond motifs is 1. The van der Waals surface area contributed by atoms with E-state index in [9.17, 15) is 9.90 Å². The van der Waals surface area contributed by atoms with Gasteiger partial charge in [-0.1, -0.05) is 71.8 Å². The molecule has 0 atom stereocenters. The van der Waals surface area contributed by atoms with Crippen LogP contribution in [0, 0.1) is 0 Å². The number of urea groups is 1. The zero-order chi connectivity index (χ0) is 19.3. The highest BCUT2D eigenvalue weighted by Crippen LogP contribution is 2.39. The summed E-state index contributed by atoms with van der Waals surface area (Å²) in [4.78, 5) is 12.1. The number of benzene rings is 3. The van der Waals surface area contributed by atoms with Gasteiger partial charge in [-0.25, -0.2) is 4.79 Å². The lowest BCUT2D eigenvalue weighted by Gasteiger charge is -2.06. The Kier molecular flexibility index (Phi) is 4.84. The molecule has 6 heteroatoms. The van der Waals surface area contributed by atoms with Crippen LogP contribution in [-0.4, -0.2) is 15.7 Å². The Hall–Kier alpha value is -3.93. The Bertz CT molecular complexity index is 1140. The van der Waals surface area contributed by atoms with E-state index in [0.29, 0.717) is 12.2 Å². The minimum atomic E-state index is -0.606. The van der Waals surface area contributed by atoms with Gasteiger partial charge < -0.3 is 15.0 Å². The summed E-state index contributed by atoms with van der Waals surface area (Å²) < 4.78 is 1.76. The first-order valence-electron chi connectivity index (χ1n) is 8.84. The normalized spacial score (nSPS) is 11.1. The number of nitrogens with zero attached hydrogens (tertiary/aromatic N) is 3. The van der Waals surface area contributed by atoms with Crippen LogP contribution in [0.2, 0.25) is 0 Å². The van der Waals surface area contributed by atoms with Gasteiger partial charge in [0.25, 0.3) is 0 Å². The van der Waals surface area contributed by atoms with Gasteiger partial charge in [0.15, 0.2) is 5.69 Å². The van der Waals surface area contributed by atoms with Crippen LogP contribution in [0.5, 0.6) is 5.88 Å². The van der Waals surface area contributed by atoms with Crippen LogP contribution in [0.4, 0.5) is 16.2 Å². The van der Waals surface area contributed by atoms with Crippen LogP contribution in [0.3, 0.4) is 0 Å². The van der Waals surface area contributed by atoms with Gasteiger partial charge in [-0.3, -0.25) is 0 Å². The minimum Gasteiger partial charge on any atom is -0.493 e. The minimum absolute atomic E-state index is 0.0266. The number of nitrogens with one attached hydrogen (secondary N) is 1. The van der Waals surface area contributed by atoms with Gasteiger partial charge in [-0.2, -0.15) is 0 Å². The summed E-state index contributed by atoms with van der Waals surface area (Å²) in [6.45, 7) is 0.485. The molecule has 0 unspecified atom stereocenters. The summed E-state index contributed by atoms with van der Waals surface area (Å²) in [5.41, 5.74) is 2.77.